The van der Waals surface area contributed by atoms with Gasteiger partial charge in [-0.05, 0) is 31.6 Å². The topological polar surface area (TPSA) is 43.4 Å². The maximum absolute atomic E-state index is 12.2. The molecule has 0 spiro atoms. The van der Waals surface area contributed by atoms with E-state index in [4.69, 9.17) is 0 Å². The minimum Gasteiger partial charge on any atom is -0.469 e. The fourth-order valence-electron chi connectivity index (χ4n) is 3.46. The summed E-state index contributed by atoms with van der Waals surface area (Å²) < 4.78 is 4.65. The third kappa shape index (κ3) is 2.88. The van der Waals surface area contributed by atoms with Gasteiger partial charge in [0.05, 0.1) is 13.5 Å². The number of rotatable bonds is 3. The second-order valence-electron chi connectivity index (χ2n) is 5.46. The lowest BCUT2D eigenvalue weighted by molar-refractivity contribution is -0.143. The molecule has 0 N–H and O–H groups in total. The van der Waals surface area contributed by atoms with E-state index in [1.165, 1.54) is 39.2 Å². The Morgan fingerprint density at radius 2 is 1.88 bits per heavy atom. The zero-order valence-corrected chi connectivity index (χ0v) is 10.6. The molecule has 2 rings (SSSR count). The molecule has 0 heterocycles. The van der Waals surface area contributed by atoms with Gasteiger partial charge in [-0.25, -0.2) is 0 Å². The van der Waals surface area contributed by atoms with Crippen LogP contribution in [0.3, 0.4) is 0 Å². The summed E-state index contributed by atoms with van der Waals surface area (Å²) in [5.74, 6) is 0.869. The van der Waals surface area contributed by atoms with Crippen molar-refractivity contribution in [2.45, 2.75) is 51.4 Å². The molecule has 3 nitrogen and oxygen atoms in total. The molecule has 2 aliphatic carbocycles. The lowest BCUT2D eigenvalue weighted by atomic mass is 9.78. The molecule has 0 aliphatic heterocycles. The normalized spacial score (nSPS) is 30.5. The van der Waals surface area contributed by atoms with Gasteiger partial charge in [-0.3, -0.25) is 9.59 Å². The van der Waals surface area contributed by atoms with E-state index in [9.17, 15) is 9.59 Å². The van der Waals surface area contributed by atoms with Gasteiger partial charge in [0.25, 0.3) is 0 Å². The van der Waals surface area contributed by atoms with Crippen molar-refractivity contribution in [2.24, 2.45) is 17.8 Å². The lowest BCUT2D eigenvalue weighted by Gasteiger charge is -2.26. The summed E-state index contributed by atoms with van der Waals surface area (Å²) in [7, 11) is 1.39. The Balaban J connectivity index is 1.90. The van der Waals surface area contributed by atoms with Crippen LogP contribution in [-0.4, -0.2) is 18.9 Å². The molecular formula is C14H22O3. The highest BCUT2D eigenvalue weighted by molar-refractivity contribution is 5.89. The zero-order chi connectivity index (χ0) is 12.3. The van der Waals surface area contributed by atoms with Gasteiger partial charge in [0.15, 0.2) is 0 Å². The third-order valence-corrected chi connectivity index (χ3v) is 4.45. The Hall–Kier alpha value is -0.860. The summed E-state index contributed by atoms with van der Waals surface area (Å²) in [6.45, 7) is 0. The van der Waals surface area contributed by atoms with Gasteiger partial charge < -0.3 is 4.74 Å². The summed E-state index contributed by atoms with van der Waals surface area (Å²) in [6, 6.07) is 0. The first-order chi connectivity index (χ1) is 8.22. The first-order valence-electron chi connectivity index (χ1n) is 6.83. The average Bonchev–Trinajstić information content (AvgIpc) is 2.72. The quantitative estimate of drug-likeness (QED) is 0.710. The highest BCUT2D eigenvalue weighted by atomic mass is 16.5. The number of hydrogen-bond acceptors (Lipinski definition) is 3. The summed E-state index contributed by atoms with van der Waals surface area (Å²) >= 11 is 0. The summed E-state index contributed by atoms with van der Waals surface area (Å²) in [5, 5.41) is 0. The number of carbonyl (C=O) groups is 2. The SMILES string of the molecule is COC(=O)CC1CCC(C2CCCCC2)C1=O. The van der Waals surface area contributed by atoms with E-state index in [1.54, 1.807) is 0 Å². The third-order valence-electron chi connectivity index (χ3n) is 4.45. The number of hydrogen-bond donors (Lipinski definition) is 0. The number of ketones is 1. The summed E-state index contributed by atoms with van der Waals surface area (Å²) in [6.07, 6.45) is 8.46. The zero-order valence-electron chi connectivity index (χ0n) is 10.6. The van der Waals surface area contributed by atoms with Crippen LogP contribution in [0.1, 0.15) is 51.4 Å². The van der Waals surface area contributed by atoms with Gasteiger partial charge in [-0.15, -0.1) is 0 Å². The van der Waals surface area contributed by atoms with Crippen LogP contribution < -0.4 is 0 Å². The Kier molecular flexibility index (Phi) is 4.19. The van der Waals surface area contributed by atoms with Crippen molar-refractivity contribution in [2.75, 3.05) is 7.11 Å². The van der Waals surface area contributed by atoms with E-state index in [2.05, 4.69) is 4.74 Å². The van der Waals surface area contributed by atoms with Crippen LogP contribution in [0.5, 0.6) is 0 Å². The van der Waals surface area contributed by atoms with Crippen LogP contribution in [0.4, 0.5) is 0 Å². The molecule has 0 bridgehead atoms. The van der Waals surface area contributed by atoms with E-state index < -0.39 is 0 Å². The molecule has 0 radical (unpaired) electrons. The minimum atomic E-state index is -0.243. The van der Waals surface area contributed by atoms with Gasteiger partial charge in [0, 0.05) is 11.8 Å². The molecule has 0 aromatic carbocycles. The highest BCUT2D eigenvalue weighted by Gasteiger charge is 2.39. The smallest absolute Gasteiger partial charge is 0.306 e. The molecular weight excluding hydrogens is 216 g/mol. The molecule has 0 aromatic rings. The molecule has 3 heteroatoms. The first kappa shape index (κ1) is 12.6. The van der Waals surface area contributed by atoms with E-state index in [-0.39, 0.29) is 17.8 Å². The standard InChI is InChI=1S/C14H22O3/c1-17-13(15)9-11-7-8-12(14(11)16)10-5-3-2-4-6-10/h10-12H,2-9H2,1H3. The Labute approximate surface area is 103 Å². The minimum absolute atomic E-state index is 0.0608. The van der Waals surface area contributed by atoms with Crippen LogP contribution in [0.15, 0.2) is 0 Å². The number of esters is 1. The van der Waals surface area contributed by atoms with Gasteiger partial charge in [-0.2, -0.15) is 0 Å². The van der Waals surface area contributed by atoms with Crippen molar-refractivity contribution in [3.63, 3.8) is 0 Å². The Bertz CT molecular complexity index is 292. The molecule has 0 amide bonds. The van der Waals surface area contributed by atoms with Crippen LogP contribution >= 0.6 is 0 Å². The van der Waals surface area contributed by atoms with Gasteiger partial charge in [-0.1, -0.05) is 19.3 Å². The van der Waals surface area contributed by atoms with Crippen LogP contribution in [0.25, 0.3) is 0 Å². The molecule has 2 fully saturated rings. The molecule has 2 unspecified atom stereocenters. The van der Waals surface area contributed by atoms with Crippen molar-refractivity contribution in [1.29, 1.82) is 0 Å². The lowest BCUT2D eigenvalue weighted by Crippen LogP contribution is -2.25. The van der Waals surface area contributed by atoms with Gasteiger partial charge >= 0.3 is 5.97 Å². The summed E-state index contributed by atoms with van der Waals surface area (Å²) in [4.78, 5) is 23.5. The monoisotopic (exact) mass is 238 g/mol. The molecule has 96 valence electrons. The van der Waals surface area contributed by atoms with Gasteiger partial charge in [0.1, 0.15) is 5.78 Å². The van der Waals surface area contributed by atoms with Crippen molar-refractivity contribution < 1.29 is 14.3 Å². The van der Waals surface area contributed by atoms with E-state index in [0.717, 1.165) is 12.8 Å². The number of ether oxygens (including phenoxy) is 1. The predicted molar refractivity (Wildman–Crippen MR) is 64.4 cm³/mol. The number of methoxy groups -OCH3 is 1. The maximum Gasteiger partial charge on any atom is 0.306 e. The molecule has 2 saturated carbocycles. The molecule has 17 heavy (non-hydrogen) atoms. The van der Waals surface area contributed by atoms with Crippen LogP contribution in [0.2, 0.25) is 0 Å². The highest BCUT2D eigenvalue weighted by Crippen LogP contribution is 2.40. The number of carbonyl (C=O) groups excluding carboxylic acids is 2. The van der Waals surface area contributed by atoms with E-state index in [0.29, 0.717) is 18.1 Å². The van der Waals surface area contributed by atoms with Crippen molar-refractivity contribution in [1.82, 2.24) is 0 Å². The molecule has 2 aliphatic rings. The second kappa shape index (κ2) is 5.65. The van der Waals surface area contributed by atoms with Crippen LogP contribution in [-0.2, 0) is 14.3 Å². The van der Waals surface area contributed by atoms with E-state index in [1.807, 2.05) is 0 Å². The fraction of sp³-hybridized carbons (Fsp3) is 0.857. The van der Waals surface area contributed by atoms with Crippen LogP contribution in [0, 0.1) is 17.8 Å². The van der Waals surface area contributed by atoms with Crippen molar-refractivity contribution >= 4 is 11.8 Å². The van der Waals surface area contributed by atoms with Crippen molar-refractivity contribution in [3.05, 3.63) is 0 Å². The van der Waals surface area contributed by atoms with Gasteiger partial charge in [0.2, 0.25) is 0 Å². The Morgan fingerprint density at radius 3 is 2.53 bits per heavy atom. The Morgan fingerprint density at radius 1 is 1.18 bits per heavy atom. The van der Waals surface area contributed by atoms with E-state index >= 15 is 0 Å². The predicted octanol–water partition coefficient (Wildman–Crippen LogP) is 2.73. The number of Topliss-reactive ketones (excluding diaryl/α,β-unsaturated/α-hetero) is 1. The second-order valence-corrected chi connectivity index (χ2v) is 5.46. The van der Waals surface area contributed by atoms with Crippen molar-refractivity contribution in [3.8, 4) is 0 Å². The average molecular weight is 238 g/mol. The molecule has 0 aromatic heterocycles. The fourth-order valence-corrected chi connectivity index (χ4v) is 3.46. The largest absolute Gasteiger partial charge is 0.469 e. The molecule has 0 saturated heterocycles. The summed E-state index contributed by atoms with van der Waals surface area (Å²) in [5.41, 5.74) is 0. The maximum atomic E-state index is 12.2. The first-order valence-corrected chi connectivity index (χ1v) is 6.83. The molecule has 2 atom stereocenters.